The van der Waals surface area contributed by atoms with Crippen LogP contribution in [0.25, 0.3) is 0 Å². The molecule has 1 aliphatic heterocycles. The highest BCUT2D eigenvalue weighted by atomic mass is 16.5. The zero-order chi connectivity index (χ0) is 17.4. The van der Waals surface area contributed by atoms with E-state index in [1.807, 2.05) is 18.2 Å². The fraction of sp³-hybridized carbons (Fsp3) is 0.632. The molecule has 134 valence electrons. The van der Waals surface area contributed by atoms with Gasteiger partial charge in [-0.1, -0.05) is 39.0 Å². The van der Waals surface area contributed by atoms with Crippen LogP contribution in [0, 0.1) is 0 Å². The molecule has 1 amide bonds. The van der Waals surface area contributed by atoms with Crippen LogP contribution >= 0.6 is 0 Å². The van der Waals surface area contributed by atoms with E-state index < -0.39 is 0 Å². The smallest absolute Gasteiger partial charge is 0.257 e. The summed E-state index contributed by atoms with van der Waals surface area (Å²) in [6.45, 7) is 12.6. The Morgan fingerprint density at radius 2 is 1.96 bits per heavy atom. The van der Waals surface area contributed by atoms with E-state index >= 15 is 0 Å². The first-order valence-electron chi connectivity index (χ1n) is 8.89. The van der Waals surface area contributed by atoms with Crippen LogP contribution in [0.1, 0.15) is 32.8 Å². The van der Waals surface area contributed by atoms with Gasteiger partial charge in [0.2, 0.25) is 0 Å². The van der Waals surface area contributed by atoms with Crippen molar-refractivity contribution in [2.24, 2.45) is 0 Å². The van der Waals surface area contributed by atoms with Crippen LogP contribution in [0.3, 0.4) is 0 Å². The summed E-state index contributed by atoms with van der Waals surface area (Å²) < 4.78 is 5.74. The molecule has 24 heavy (non-hydrogen) atoms. The zero-order valence-electron chi connectivity index (χ0n) is 15.2. The third kappa shape index (κ3) is 6.13. The van der Waals surface area contributed by atoms with Crippen molar-refractivity contribution in [1.29, 1.82) is 0 Å². The topological polar surface area (TPSA) is 53.6 Å². The van der Waals surface area contributed by atoms with Gasteiger partial charge in [0.05, 0.1) is 0 Å². The molecule has 0 radical (unpaired) electrons. The summed E-state index contributed by atoms with van der Waals surface area (Å²) in [4.78, 5) is 14.4. The largest absolute Gasteiger partial charge is 0.483 e. The maximum atomic E-state index is 12.0. The number of benzene rings is 1. The van der Waals surface area contributed by atoms with Gasteiger partial charge in [0.15, 0.2) is 6.61 Å². The number of nitrogens with zero attached hydrogens (tertiary/aromatic N) is 1. The van der Waals surface area contributed by atoms with Gasteiger partial charge in [-0.25, -0.2) is 0 Å². The highest BCUT2D eigenvalue weighted by molar-refractivity contribution is 5.77. The summed E-state index contributed by atoms with van der Waals surface area (Å²) in [5, 5.41) is 6.29. The van der Waals surface area contributed by atoms with Gasteiger partial charge in [0.1, 0.15) is 5.75 Å². The molecule has 1 fully saturated rings. The Kier molecular flexibility index (Phi) is 7.06. The number of carbonyl (C=O) groups excluding carboxylic acids is 1. The molecule has 1 aromatic carbocycles. The Labute approximate surface area is 145 Å². The lowest BCUT2D eigenvalue weighted by molar-refractivity contribution is -0.123. The summed E-state index contributed by atoms with van der Waals surface area (Å²) in [6.07, 6.45) is 0.977. The third-order valence-electron chi connectivity index (χ3n) is 4.24. The number of rotatable bonds is 7. The Bertz CT molecular complexity index is 520. The molecule has 0 atom stereocenters. The molecular weight excluding hydrogens is 302 g/mol. The summed E-state index contributed by atoms with van der Waals surface area (Å²) in [7, 11) is 0. The van der Waals surface area contributed by atoms with Crippen molar-refractivity contribution >= 4 is 5.91 Å². The predicted molar refractivity (Wildman–Crippen MR) is 97.6 cm³/mol. The molecular formula is C19H31N3O2. The number of hydrogen-bond donors (Lipinski definition) is 2. The van der Waals surface area contributed by atoms with E-state index in [9.17, 15) is 4.79 Å². The van der Waals surface area contributed by atoms with E-state index in [-0.39, 0.29) is 17.9 Å². The number of amides is 1. The molecule has 2 rings (SSSR count). The first-order chi connectivity index (χ1) is 11.5. The summed E-state index contributed by atoms with van der Waals surface area (Å²) in [5.41, 5.74) is 1.12. The number of piperazine rings is 1. The van der Waals surface area contributed by atoms with E-state index in [1.165, 1.54) is 0 Å². The predicted octanol–water partition coefficient (Wildman–Crippen LogP) is 1.77. The second-order valence-corrected chi connectivity index (χ2v) is 7.33. The molecule has 0 aromatic heterocycles. The van der Waals surface area contributed by atoms with E-state index in [2.05, 4.69) is 42.4 Å². The molecule has 5 heteroatoms. The lowest BCUT2D eigenvalue weighted by atomic mass is 9.86. The average molecular weight is 333 g/mol. The Morgan fingerprint density at radius 1 is 1.25 bits per heavy atom. The highest BCUT2D eigenvalue weighted by Gasteiger charge is 2.18. The Hall–Kier alpha value is -1.59. The van der Waals surface area contributed by atoms with Gasteiger partial charge in [-0.05, 0) is 30.0 Å². The number of carbonyl (C=O) groups is 1. The molecule has 0 bridgehead atoms. The van der Waals surface area contributed by atoms with Crippen molar-refractivity contribution < 1.29 is 9.53 Å². The summed E-state index contributed by atoms with van der Waals surface area (Å²) in [5.74, 6) is 0.736. The van der Waals surface area contributed by atoms with E-state index in [0.29, 0.717) is 6.54 Å². The van der Waals surface area contributed by atoms with E-state index in [1.54, 1.807) is 0 Å². The summed E-state index contributed by atoms with van der Waals surface area (Å²) >= 11 is 0. The molecule has 0 aliphatic carbocycles. The lowest BCUT2D eigenvalue weighted by Gasteiger charge is -2.27. The van der Waals surface area contributed by atoms with Crippen LogP contribution in [0.4, 0.5) is 0 Å². The minimum Gasteiger partial charge on any atom is -0.483 e. The second kappa shape index (κ2) is 9.04. The highest BCUT2D eigenvalue weighted by Crippen LogP contribution is 2.30. The molecule has 1 saturated heterocycles. The number of hydrogen-bond acceptors (Lipinski definition) is 4. The number of para-hydroxylation sites is 1. The lowest BCUT2D eigenvalue weighted by Crippen LogP contribution is -2.44. The first kappa shape index (κ1) is 18.7. The molecule has 2 N–H and O–H groups in total. The van der Waals surface area contributed by atoms with Gasteiger partial charge in [0.25, 0.3) is 5.91 Å². The van der Waals surface area contributed by atoms with Crippen LogP contribution in [0.5, 0.6) is 5.75 Å². The van der Waals surface area contributed by atoms with Crippen molar-refractivity contribution in [1.82, 2.24) is 15.5 Å². The van der Waals surface area contributed by atoms with Gasteiger partial charge >= 0.3 is 0 Å². The van der Waals surface area contributed by atoms with Gasteiger partial charge in [-0.2, -0.15) is 0 Å². The normalized spacial score (nSPS) is 16.0. The molecule has 1 aromatic rings. The Balaban J connectivity index is 1.68. The first-order valence-corrected chi connectivity index (χ1v) is 8.89. The van der Waals surface area contributed by atoms with Crippen LogP contribution in [-0.4, -0.2) is 56.7 Å². The average Bonchev–Trinajstić information content (AvgIpc) is 2.57. The van der Waals surface area contributed by atoms with Crippen molar-refractivity contribution in [3.05, 3.63) is 29.8 Å². The molecule has 1 aliphatic rings. The van der Waals surface area contributed by atoms with Crippen LogP contribution in [-0.2, 0) is 10.2 Å². The minimum absolute atomic E-state index is 0.00360. The molecule has 5 nitrogen and oxygen atoms in total. The van der Waals surface area contributed by atoms with Gasteiger partial charge in [0, 0.05) is 32.7 Å². The number of nitrogens with one attached hydrogen (secondary N) is 2. The molecule has 0 unspecified atom stereocenters. The summed E-state index contributed by atoms with van der Waals surface area (Å²) in [6, 6.07) is 7.93. The van der Waals surface area contributed by atoms with E-state index in [4.69, 9.17) is 4.74 Å². The van der Waals surface area contributed by atoms with Crippen LogP contribution in [0.2, 0.25) is 0 Å². The van der Waals surface area contributed by atoms with Gasteiger partial charge in [-0.15, -0.1) is 0 Å². The van der Waals surface area contributed by atoms with E-state index in [0.717, 1.165) is 50.5 Å². The van der Waals surface area contributed by atoms with Crippen molar-refractivity contribution in [3.8, 4) is 5.75 Å². The monoisotopic (exact) mass is 333 g/mol. The molecule has 0 spiro atoms. The van der Waals surface area contributed by atoms with Gasteiger partial charge < -0.3 is 20.3 Å². The van der Waals surface area contributed by atoms with Crippen molar-refractivity contribution in [3.63, 3.8) is 0 Å². The Morgan fingerprint density at radius 3 is 2.67 bits per heavy atom. The van der Waals surface area contributed by atoms with Crippen molar-refractivity contribution in [2.45, 2.75) is 32.6 Å². The minimum atomic E-state index is -0.0565. The third-order valence-corrected chi connectivity index (χ3v) is 4.24. The van der Waals surface area contributed by atoms with Crippen LogP contribution < -0.4 is 15.4 Å². The molecule has 1 heterocycles. The number of ether oxygens (including phenoxy) is 1. The zero-order valence-corrected chi connectivity index (χ0v) is 15.2. The maximum Gasteiger partial charge on any atom is 0.257 e. The van der Waals surface area contributed by atoms with Gasteiger partial charge in [-0.3, -0.25) is 4.79 Å². The fourth-order valence-electron chi connectivity index (χ4n) is 2.87. The fourth-order valence-corrected chi connectivity index (χ4v) is 2.87. The quantitative estimate of drug-likeness (QED) is 0.747. The maximum absolute atomic E-state index is 12.0. The standard InChI is InChI=1S/C19H31N3O2/c1-19(2,3)16-7-4-5-8-17(16)24-15-18(23)21-9-6-12-22-13-10-20-11-14-22/h4-5,7-8,20H,6,9-15H2,1-3H3,(H,21,23). The second-order valence-electron chi connectivity index (χ2n) is 7.33. The molecule has 0 saturated carbocycles. The SMILES string of the molecule is CC(C)(C)c1ccccc1OCC(=O)NCCCN1CCNCC1. The van der Waals surface area contributed by atoms with Crippen molar-refractivity contribution in [2.75, 3.05) is 45.9 Å². The van der Waals surface area contributed by atoms with Crippen LogP contribution in [0.15, 0.2) is 24.3 Å².